The van der Waals surface area contributed by atoms with Crippen LogP contribution in [0.4, 0.5) is 0 Å². The van der Waals surface area contributed by atoms with Gasteiger partial charge in [-0.05, 0) is 64.2 Å². The van der Waals surface area contributed by atoms with Crippen LogP contribution in [0.3, 0.4) is 0 Å². The van der Waals surface area contributed by atoms with Crippen LogP contribution in [0.5, 0.6) is 0 Å². The number of unbranched alkanes of at least 4 members (excludes halogenated alkanes) is 49. The van der Waals surface area contributed by atoms with E-state index in [1.54, 1.807) is 6.08 Å². The predicted molar refractivity (Wildman–Crippen MR) is 366 cm³/mol. The zero-order valence-corrected chi connectivity index (χ0v) is 57.0. The zero-order chi connectivity index (χ0) is 63.0. The summed E-state index contributed by atoms with van der Waals surface area (Å²) >= 11 is 0. The average molecular weight is 1230 g/mol. The van der Waals surface area contributed by atoms with Crippen molar-refractivity contribution < 1.29 is 49.3 Å². The van der Waals surface area contributed by atoms with Crippen LogP contribution >= 0.6 is 0 Å². The summed E-state index contributed by atoms with van der Waals surface area (Å²) < 4.78 is 16.7. The zero-order valence-electron chi connectivity index (χ0n) is 57.0. The Hall–Kier alpha value is -2.12. The van der Waals surface area contributed by atoms with Gasteiger partial charge in [0.2, 0.25) is 5.91 Å². The molecule has 1 fully saturated rings. The van der Waals surface area contributed by atoms with E-state index in [1.165, 1.54) is 289 Å². The predicted octanol–water partition coefficient (Wildman–Crippen LogP) is 19.7. The van der Waals surface area contributed by atoms with Gasteiger partial charge in [-0.3, -0.25) is 9.59 Å². The molecule has 7 unspecified atom stereocenters. The molecule has 7 atom stereocenters. The van der Waals surface area contributed by atoms with Crippen LogP contribution in [0, 0.1) is 0 Å². The summed E-state index contributed by atoms with van der Waals surface area (Å²) in [5.41, 5.74) is 0. The van der Waals surface area contributed by atoms with Gasteiger partial charge in [-0.1, -0.05) is 333 Å². The minimum atomic E-state index is -1.57. The maximum Gasteiger partial charge on any atom is 0.305 e. The Kier molecular flexibility index (Phi) is 62.3. The topological polar surface area (TPSA) is 175 Å². The van der Waals surface area contributed by atoms with Crippen LogP contribution < -0.4 is 5.32 Å². The second kappa shape index (κ2) is 65.4. The molecule has 11 heteroatoms. The number of allylic oxidation sites excluding steroid dienone is 5. The molecule has 1 aliphatic heterocycles. The molecule has 11 nitrogen and oxygen atoms in total. The number of rotatable bonds is 67. The standard InChI is InChI=1S/C76H143NO10/c1-3-5-7-9-11-13-15-39-43-46-50-54-58-62-69(79)68(67-86-76-75(84)74(83)73(82)70(66-78)87-76)77-71(80)63-59-55-51-47-44-40-37-35-33-31-29-27-25-23-21-19-17-16-18-20-22-24-26-28-30-32-34-36-38-41-45-49-53-57-61-65-85-72(81)64-60-56-52-48-42-14-12-10-8-6-4-2/h18,20,24,26,58,62,68-70,73-76,78-79,82-84H,3-17,19,21-23,25,27-57,59-61,63-67H2,1-2H3,(H,77,80)/b20-18-,26-24-,62-58+. The van der Waals surface area contributed by atoms with Crippen LogP contribution in [0.25, 0.3) is 0 Å². The number of amides is 1. The molecule has 1 amide bonds. The first-order valence-corrected chi connectivity index (χ1v) is 37.8. The molecular weight excluding hydrogens is 1090 g/mol. The summed E-state index contributed by atoms with van der Waals surface area (Å²) in [7, 11) is 0. The van der Waals surface area contributed by atoms with E-state index < -0.39 is 49.5 Å². The molecule has 0 radical (unpaired) electrons. The van der Waals surface area contributed by atoms with E-state index in [9.17, 15) is 35.1 Å². The van der Waals surface area contributed by atoms with Gasteiger partial charge in [0.15, 0.2) is 6.29 Å². The van der Waals surface area contributed by atoms with Crippen LogP contribution in [0.15, 0.2) is 36.5 Å². The highest BCUT2D eigenvalue weighted by Gasteiger charge is 2.44. The van der Waals surface area contributed by atoms with Gasteiger partial charge >= 0.3 is 5.97 Å². The first-order valence-electron chi connectivity index (χ1n) is 37.8. The lowest BCUT2D eigenvalue weighted by Crippen LogP contribution is -2.60. The van der Waals surface area contributed by atoms with E-state index in [2.05, 4.69) is 43.5 Å². The Morgan fingerprint density at radius 3 is 1.16 bits per heavy atom. The van der Waals surface area contributed by atoms with Gasteiger partial charge in [0.25, 0.3) is 0 Å². The molecular formula is C76H143NO10. The molecule has 0 aromatic heterocycles. The number of aliphatic hydroxyl groups excluding tert-OH is 5. The maximum atomic E-state index is 13.1. The summed E-state index contributed by atoms with van der Waals surface area (Å²) in [6.45, 7) is 4.38. The summed E-state index contributed by atoms with van der Waals surface area (Å²) in [4.78, 5) is 25.1. The number of carbonyl (C=O) groups is 2. The molecule has 87 heavy (non-hydrogen) atoms. The number of nitrogens with one attached hydrogen (secondary N) is 1. The van der Waals surface area contributed by atoms with E-state index in [0.717, 1.165) is 57.8 Å². The van der Waals surface area contributed by atoms with Gasteiger partial charge in [-0.2, -0.15) is 0 Å². The fraction of sp³-hybridized carbons (Fsp3) is 0.895. The van der Waals surface area contributed by atoms with Crippen LogP contribution in [-0.2, 0) is 23.8 Å². The fourth-order valence-corrected chi connectivity index (χ4v) is 12.1. The molecule has 0 aromatic rings. The lowest BCUT2D eigenvalue weighted by atomic mass is 9.99. The monoisotopic (exact) mass is 1230 g/mol. The molecule has 1 aliphatic rings. The average Bonchev–Trinajstić information content (AvgIpc) is 3.11. The van der Waals surface area contributed by atoms with Gasteiger partial charge in [0, 0.05) is 12.8 Å². The first-order chi connectivity index (χ1) is 42.7. The summed E-state index contributed by atoms with van der Waals surface area (Å²) in [5, 5.41) is 54.5. The third-order valence-electron chi connectivity index (χ3n) is 18.0. The molecule has 0 aliphatic carbocycles. The van der Waals surface area contributed by atoms with Gasteiger partial charge in [0.1, 0.15) is 24.4 Å². The van der Waals surface area contributed by atoms with Gasteiger partial charge in [-0.15, -0.1) is 0 Å². The first kappa shape index (κ1) is 82.9. The highest BCUT2D eigenvalue weighted by Crippen LogP contribution is 2.24. The highest BCUT2D eigenvalue weighted by atomic mass is 16.7. The van der Waals surface area contributed by atoms with Gasteiger partial charge < -0.3 is 45.1 Å². The molecule has 1 heterocycles. The number of hydrogen-bond donors (Lipinski definition) is 6. The molecule has 1 rings (SSSR count). The SMILES string of the molecule is CCCCCCCCCCCCC/C=C/C(O)C(COC1OC(CO)C(O)C(O)C1O)NC(=O)CCCCCCCCCCCCCCCCCCC/C=C\C/C=C\CCCCCCCCCCCCCOC(=O)CCCCCCCCCCCCC. The Bertz CT molecular complexity index is 1540. The number of esters is 1. The van der Waals surface area contributed by atoms with Crippen molar-refractivity contribution >= 4 is 11.9 Å². The lowest BCUT2D eigenvalue weighted by Gasteiger charge is -2.40. The van der Waals surface area contributed by atoms with E-state index in [1.807, 2.05) is 6.08 Å². The quantitative estimate of drug-likeness (QED) is 0.0195. The summed E-state index contributed by atoms with van der Waals surface area (Å²) in [5.74, 6) is -0.167. The highest BCUT2D eigenvalue weighted by molar-refractivity contribution is 5.76. The van der Waals surface area contributed by atoms with Gasteiger partial charge in [-0.25, -0.2) is 0 Å². The number of hydrogen-bond acceptors (Lipinski definition) is 10. The third kappa shape index (κ3) is 54.2. The Labute approximate surface area is 536 Å². The van der Waals surface area contributed by atoms with E-state index >= 15 is 0 Å². The third-order valence-corrected chi connectivity index (χ3v) is 18.0. The smallest absolute Gasteiger partial charge is 0.305 e. The number of carbonyl (C=O) groups excluding carboxylic acids is 2. The molecule has 0 spiro atoms. The van der Waals surface area contributed by atoms with Crippen LogP contribution in [0.1, 0.15) is 373 Å². The number of aliphatic hydroxyl groups is 5. The fourth-order valence-electron chi connectivity index (χ4n) is 12.1. The van der Waals surface area contributed by atoms with Gasteiger partial charge in [0.05, 0.1) is 32.0 Å². The summed E-state index contributed by atoms with van der Waals surface area (Å²) in [6, 6.07) is -0.808. The molecule has 0 bridgehead atoms. The van der Waals surface area contributed by atoms with E-state index in [4.69, 9.17) is 14.2 Å². The summed E-state index contributed by atoms with van der Waals surface area (Å²) in [6.07, 6.45) is 74.4. The van der Waals surface area contributed by atoms with E-state index in [-0.39, 0.29) is 18.5 Å². The Balaban J connectivity index is 1.95. The molecule has 0 saturated carbocycles. The van der Waals surface area contributed by atoms with Crippen molar-refractivity contribution in [3.05, 3.63) is 36.5 Å². The molecule has 0 aromatic carbocycles. The normalized spacial score (nSPS) is 18.0. The number of ether oxygens (including phenoxy) is 3. The minimum absolute atomic E-state index is 0.0102. The second-order valence-electron chi connectivity index (χ2n) is 26.4. The van der Waals surface area contributed by atoms with Crippen molar-refractivity contribution in [1.29, 1.82) is 0 Å². The van der Waals surface area contributed by atoms with E-state index in [0.29, 0.717) is 19.4 Å². The minimum Gasteiger partial charge on any atom is -0.466 e. The largest absolute Gasteiger partial charge is 0.466 e. The van der Waals surface area contributed by atoms with Crippen molar-refractivity contribution in [3.63, 3.8) is 0 Å². The second-order valence-corrected chi connectivity index (χ2v) is 26.4. The molecule has 6 N–H and O–H groups in total. The maximum absolute atomic E-state index is 13.1. The van der Waals surface area contributed by atoms with Crippen molar-refractivity contribution in [3.8, 4) is 0 Å². The Morgan fingerprint density at radius 1 is 0.425 bits per heavy atom. The van der Waals surface area contributed by atoms with Crippen molar-refractivity contribution in [2.45, 2.75) is 416 Å². The van der Waals surface area contributed by atoms with Crippen molar-refractivity contribution in [2.24, 2.45) is 0 Å². The molecule has 512 valence electrons. The van der Waals surface area contributed by atoms with Crippen molar-refractivity contribution in [1.82, 2.24) is 5.32 Å². The Morgan fingerprint density at radius 2 is 0.770 bits per heavy atom. The lowest BCUT2D eigenvalue weighted by molar-refractivity contribution is -0.302. The van der Waals surface area contributed by atoms with Crippen LogP contribution in [0.2, 0.25) is 0 Å². The van der Waals surface area contributed by atoms with Crippen molar-refractivity contribution in [2.75, 3.05) is 19.8 Å². The van der Waals surface area contributed by atoms with Crippen LogP contribution in [-0.4, -0.2) is 100 Å². The molecule has 1 saturated heterocycles.